The van der Waals surface area contributed by atoms with Crippen LogP contribution in [0.25, 0.3) is 0 Å². The van der Waals surface area contributed by atoms with Gasteiger partial charge in [0.05, 0.1) is 6.10 Å². The molecule has 0 bridgehead atoms. The van der Waals surface area contributed by atoms with Crippen molar-refractivity contribution in [3.05, 3.63) is 23.8 Å². The summed E-state index contributed by atoms with van der Waals surface area (Å²) in [4.78, 5) is 2.14. The second-order valence-electron chi connectivity index (χ2n) is 5.88. The van der Waals surface area contributed by atoms with E-state index in [4.69, 9.17) is 5.73 Å². The van der Waals surface area contributed by atoms with Gasteiger partial charge >= 0.3 is 6.61 Å². The number of rotatable bonds is 4. The van der Waals surface area contributed by atoms with Crippen LogP contribution in [-0.2, 0) is 6.54 Å². The number of aliphatic hydroxyl groups excluding tert-OH is 1. The lowest BCUT2D eigenvalue weighted by Gasteiger charge is -2.39. The van der Waals surface area contributed by atoms with Gasteiger partial charge in [0.15, 0.2) is 0 Å². The molecule has 1 aromatic carbocycles. The highest BCUT2D eigenvalue weighted by Gasteiger charge is 2.30. The third-order valence-electron chi connectivity index (χ3n) is 3.96. The fraction of sp³-hybridized carbons (Fsp3) is 0.600. The van der Waals surface area contributed by atoms with E-state index in [0.29, 0.717) is 17.8 Å². The van der Waals surface area contributed by atoms with Crippen LogP contribution in [-0.4, -0.2) is 35.8 Å². The lowest BCUT2D eigenvalue weighted by atomic mass is 9.88. The standard InChI is InChI=1S/C15H22F2N2O2/c1-9-6-19(7-10(2)14(9)20)8-11-3-4-12(18)5-13(11)21-15(16)17/h3-5,9-10,14-15,20H,6-8,18H2,1-2H3/t9-,10+,14+. The van der Waals surface area contributed by atoms with E-state index in [0.717, 1.165) is 13.1 Å². The number of alkyl halides is 2. The van der Waals surface area contributed by atoms with E-state index in [1.165, 1.54) is 6.07 Å². The lowest BCUT2D eigenvalue weighted by Crippen LogP contribution is -2.46. The molecule has 1 aliphatic rings. The number of aliphatic hydroxyl groups is 1. The summed E-state index contributed by atoms with van der Waals surface area (Å²) in [7, 11) is 0. The van der Waals surface area contributed by atoms with Crippen molar-refractivity contribution in [3.63, 3.8) is 0 Å². The minimum atomic E-state index is -2.87. The number of hydrogen-bond donors (Lipinski definition) is 2. The molecule has 0 amide bonds. The number of ether oxygens (including phenoxy) is 1. The predicted molar refractivity (Wildman–Crippen MR) is 77.1 cm³/mol. The molecule has 0 unspecified atom stereocenters. The molecule has 3 N–H and O–H groups in total. The smallest absolute Gasteiger partial charge is 0.387 e. The molecule has 1 aromatic rings. The highest BCUT2D eigenvalue weighted by molar-refractivity contribution is 5.48. The Morgan fingerprint density at radius 1 is 1.33 bits per heavy atom. The molecule has 1 saturated heterocycles. The molecule has 1 heterocycles. The van der Waals surface area contributed by atoms with Gasteiger partial charge < -0.3 is 15.6 Å². The van der Waals surface area contributed by atoms with Crippen LogP contribution >= 0.6 is 0 Å². The van der Waals surface area contributed by atoms with Crippen LogP contribution in [0, 0.1) is 11.8 Å². The minimum Gasteiger partial charge on any atom is -0.434 e. The molecule has 21 heavy (non-hydrogen) atoms. The van der Waals surface area contributed by atoms with Crippen molar-refractivity contribution >= 4 is 5.69 Å². The van der Waals surface area contributed by atoms with E-state index in [-0.39, 0.29) is 23.7 Å². The zero-order valence-corrected chi connectivity index (χ0v) is 12.3. The normalized spacial score (nSPS) is 27.0. The lowest BCUT2D eigenvalue weighted by molar-refractivity contribution is -0.0514. The summed E-state index contributed by atoms with van der Waals surface area (Å²) in [6.07, 6.45) is -0.315. The Morgan fingerprint density at radius 3 is 2.52 bits per heavy atom. The van der Waals surface area contributed by atoms with Crippen LogP contribution < -0.4 is 10.5 Å². The molecule has 6 heteroatoms. The van der Waals surface area contributed by atoms with E-state index in [9.17, 15) is 13.9 Å². The highest BCUT2D eigenvalue weighted by Crippen LogP contribution is 2.28. The van der Waals surface area contributed by atoms with Gasteiger partial charge in [0.2, 0.25) is 0 Å². The number of benzene rings is 1. The van der Waals surface area contributed by atoms with Crippen molar-refractivity contribution < 1.29 is 18.6 Å². The monoisotopic (exact) mass is 300 g/mol. The summed E-state index contributed by atoms with van der Waals surface area (Å²) in [5, 5.41) is 9.97. The van der Waals surface area contributed by atoms with Gasteiger partial charge in [-0.05, 0) is 17.9 Å². The first-order chi connectivity index (χ1) is 9.86. The van der Waals surface area contributed by atoms with Gasteiger partial charge in [0.25, 0.3) is 0 Å². The number of nitrogens with zero attached hydrogens (tertiary/aromatic N) is 1. The van der Waals surface area contributed by atoms with Gasteiger partial charge in [-0.15, -0.1) is 0 Å². The molecule has 1 fully saturated rings. The fourth-order valence-electron chi connectivity index (χ4n) is 2.94. The maximum absolute atomic E-state index is 12.5. The Kier molecular flexibility index (Phi) is 5.00. The van der Waals surface area contributed by atoms with Crippen molar-refractivity contribution in [1.29, 1.82) is 0 Å². The van der Waals surface area contributed by atoms with Crippen LogP contribution in [0.1, 0.15) is 19.4 Å². The predicted octanol–water partition coefficient (Wildman–Crippen LogP) is 2.32. The van der Waals surface area contributed by atoms with Gasteiger partial charge in [-0.3, -0.25) is 4.90 Å². The Bertz CT molecular complexity index is 473. The number of likely N-dealkylation sites (tertiary alicyclic amines) is 1. The molecule has 0 aliphatic carbocycles. The quantitative estimate of drug-likeness (QED) is 0.838. The SMILES string of the molecule is C[C@@H]1CN(Cc2ccc(N)cc2OC(F)F)C[C@H](C)[C@H]1O. The molecule has 1 aliphatic heterocycles. The first-order valence-electron chi connectivity index (χ1n) is 7.10. The molecular formula is C15H22F2N2O2. The Balaban J connectivity index is 2.12. The third-order valence-corrected chi connectivity index (χ3v) is 3.96. The van der Waals surface area contributed by atoms with Crippen molar-refractivity contribution in [3.8, 4) is 5.75 Å². The van der Waals surface area contributed by atoms with Gasteiger partial charge in [-0.25, -0.2) is 0 Å². The second-order valence-corrected chi connectivity index (χ2v) is 5.88. The van der Waals surface area contributed by atoms with E-state index >= 15 is 0 Å². The van der Waals surface area contributed by atoms with Crippen LogP contribution in [0.15, 0.2) is 18.2 Å². The maximum atomic E-state index is 12.5. The summed E-state index contributed by atoms with van der Waals surface area (Å²) in [5.74, 6) is 0.431. The minimum absolute atomic E-state index is 0.122. The van der Waals surface area contributed by atoms with Crippen LogP contribution in [0.3, 0.4) is 0 Å². The summed E-state index contributed by atoms with van der Waals surface area (Å²) in [6, 6.07) is 4.82. The van der Waals surface area contributed by atoms with E-state index < -0.39 is 6.61 Å². The molecule has 0 aromatic heterocycles. The Hall–Kier alpha value is -1.40. The second kappa shape index (κ2) is 6.58. The first kappa shape index (κ1) is 16.0. The van der Waals surface area contributed by atoms with Crippen molar-refractivity contribution in [2.24, 2.45) is 11.8 Å². The molecule has 3 atom stereocenters. The van der Waals surface area contributed by atoms with Crippen molar-refractivity contribution in [1.82, 2.24) is 4.90 Å². The van der Waals surface area contributed by atoms with Crippen molar-refractivity contribution in [2.75, 3.05) is 18.8 Å². The molecule has 2 rings (SSSR count). The van der Waals surface area contributed by atoms with E-state index in [2.05, 4.69) is 9.64 Å². The third kappa shape index (κ3) is 4.04. The molecule has 4 nitrogen and oxygen atoms in total. The van der Waals surface area contributed by atoms with Gasteiger partial charge in [-0.1, -0.05) is 19.9 Å². The molecular weight excluding hydrogens is 278 g/mol. The summed E-state index contributed by atoms with van der Waals surface area (Å²) in [5.41, 5.74) is 6.70. The van der Waals surface area contributed by atoms with E-state index in [1.807, 2.05) is 13.8 Å². The van der Waals surface area contributed by atoms with Crippen LogP contribution in [0.5, 0.6) is 5.75 Å². The molecule has 0 saturated carbocycles. The topological polar surface area (TPSA) is 58.7 Å². The number of piperidine rings is 1. The fourth-order valence-corrected chi connectivity index (χ4v) is 2.94. The summed E-state index contributed by atoms with van der Waals surface area (Å²) >= 11 is 0. The van der Waals surface area contributed by atoms with E-state index in [1.54, 1.807) is 12.1 Å². The zero-order valence-electron chi connectivity index (χ0n) is 12.3. The zero-order chi connectivity index (χ0) is 15.6. The number of anilines is 1. The van der Waals surface area contributed by atoms with Gasteiger partial charge in [-0.2, -0.15) is 8.78 Å². The van der Waals surface area contributed by atoms with Gasteiger partial charge in [0.1, 0.15) is 5.75 Å². The average molecular weight is 300 g/mol. The number of halogens is 2. The van der Waals surface area contributed by atoms with Gasteiger partial charge in [0, 0.05) is 37.0 Å². The van der Waals surface area contributed by atoms with Crippen LogP contribution in [0.2, 0.25) is 0 Å². The number of nitrogens with two attached hydrogens (primary N) is 1. The maximum Gasteiger partial charge on any atom is 0.387 e. The molecule has 0 radical (unpaired) electrons. The number of nitrogen functional groups attached to an aromatic ring is 1. The Labute approximate surface area is 123 Å². The summed E-state index contributed by atoms with van der Waals surface area (Å²) in [6.45, 7) is 3.07. The average Bonchev–Trinajstić information content (AvgIpc) is 2.38. The Morgan fingerprint density at radius 2 is 1.95 bits per heavy atom. The first-order valence-corrected chi connectivity index (χ1v) is 7.10. The molecule has 0 spiro atoms. The van der Waals surface area contributed by atoms with Crippen LogP contribution in [0.4, 0.5) is 14.5 Å². The molecule has 118 valence electrons. The number of hydrogen-bond acceptors (Lipinski definition) is 4. The highest BCUT2D eigenvalue weighted by atomic mass is 19.3. The summed E-state index contributed by atoms with van der Waals surface area (Å²) < 4.78 is 29.5. The largest absolute Gasteiger partial charge is 0.434 e. The van der Waals surface area contributed by atoms with Crippen molar-refractivity contribution in [2.45, 2.75) is 33.1 Å².